The van der Waals surface area contributed by atoms with Crippen molar-refractivity contribution in [1.82, 2.24) is 29.8 Å². The lowest BCUT2D eigenvalue weighted by atomic mass is 9.85. The molecule has 2 amide bonds. The van der Waals surface area contributed by atoms with E-state index in [9.17, 15) is 4.79 Å². The van der Waals surface area contributed by atoms with Crippen LogP contribution in [0, 0.1) is 6.92 Å². The largest absolute Gasteiger partial charge is 0.484 e. The van der Waals surface area contributed by atoms with Crippen molar-refractivity contribution in [2.24, 2.45) is 0 Å². The summed E-state index contributed by atoms with van der Waals surface area (Å²) < 4.78 is 8.70. The minimum atomic E-state index is -0.223. The zero-order chi connectivity index (χ0) is 29.6. The van der Waals surface area contributed by atoms with Gasteiger partial charge in [-0.3, -0.25) is 14.3 Å². The number of carbonyl (C=O) groups excluding carboxylic acids is 1. The fourth-order valence-corrected chi connectivity index (χ4v) is 6.26. The van der Waals surface area contributed by atoms with E-state index in [0.29, 0.717) is 0 Å². The van der Waals surface area contributed by atoms with Crippen molar-refractivity contribution in [1.29, 1.82) is 0 Å². The molecule has 1 saturated heterocycles. The zero-order valence-corrected chi connectivity index (χ0v) is 25.4. The number of urea groups is 1. The highest BCUT2D eigenvalue weighted by Crippen LogP contribution is 2.40. The van der Waals surface area contributed by atoms with Crippen molar-refractivity contribution in [2.75, 3.05) is 18.9 Å². The molecule has 3 atom stereocenters. The van der Waals surface area contributed by atoms with Crippen molar-refractivity contribution in [3.63, 3.8) is 0 Å². The SMILES string of the molecule is Cc1cnc(C(C)(C)C)cc1NC(=O)N[C@H]1CC[C@@H](Oc2ccc3nnc(C4(C)CCCN4C)n3c2)c2ccccc21. The number of fused-ring (bicyclic) bond motifs is 2. The molecule has 0 radical (unpaired) electrons. The first-order valence-corrected chi connectivity index (χ1v) is 14.9. The van der Waals surface area contributed by atoms with E-state index in [1.165, 1.54) is 0 Å². The maximum atomic E-state index is 13.2. The first kappa shape index (κ1) is 28.2. The van der Waals surface area contributed by atoms with Gasteiger partial charge in [0.15, 0.2) is 11.5 Å². The van der Waals surface area contributed by atoms with Gasteiger partial charge in [-0.2, -0.15) is 0 Å². The van der Waals surface area contributed by atoms with Crippen LogP contribution in [0.1, 0.15) is 93.7 Å². The summed E-state index contributed by atoms with van der Waals surface area (Å²) in [5.41, 5.74) is 5.37. The van der Waals surface area contributed by atoms with Crippen LogP contribution >= 0.6 is 0 Å². The summed E-state index contributed by atoms with van der Waals surface area (Å²) in [6.07, 6.45) is 7.45. The molecule has 1 aliphatic carbocycles. The molecule has 6 rings (SSSR count). The monoisotopic (exact) mass is 567 g/mol. The Labute approximate surface area is 247 Å². The third kappa shape index (κ3) is 5.22. The number of aromatic nitrogens is 4. The number of anilines is 1. The normalized spacial score (nSPS) is 22.6. The predicted octanol–water partition coefficient (Wildman–Crippen LogP) is 6.45. The topological polar surface area (TPSA) is 96.7 Å². The Bertz CT molecular complexity index is 1620. The molecule has 4 aromatic rings. The van der Waals surface area contributed by atoms with E-state index >= 15 is 0 Å². The molecule has 3 aromatic heterocycles. The maximum absolute atomic E-state index is 13.2. The number of nitrogens with zero attached hydrogens (tertiary/aromatic N) is 5. The number of aryl methyl sites for hydroxylation is 1. The Morgan fingerprint density at radius 1 is 1.10 bits per heavy atom. The Morgan fingerprint density at radius 3 is 2.62 bits per heavy atom. The molecule has 9 heteroatoms. The van der Waals surface area contributed by atoms with Gasteiger partial charge >= 0.3 is 6.03 Å². The highest BCUT2D eigenvalue weighted by molar-refractivity contribution is 5.90. The van der Waals surface area contributed by atoms with Crippen LogP contribution in [0.5, 0.6) is 5.75 Å². The number of benzene rings is 1. The van der Waals surface area contributed by atoms with E-state index in [2.05, 4.69) is 82.0 Å². The van der Waals surface area contributed by atoms with E-state index in [1.54, 1.807) is 0 Å². The third-order valence-corrected chi connectivity index (χ3v) is 9.00. The van der Waals surface area contributed by atoms with Gasteiger partial charge in [-0.15, -0.1) is 10.2 Å². The summed E-state index contributed by atoms with van der Waals surface area (Å²) in [6.45, 7) is 11.6. The second-order valence-corrected chi connectivity index (χ2v) is 13.0. The summed E-state index contributed by atoms with van der Waals surface area (Å²) in [6, 6.07) is 13.8. The van der Waals surface area contributed by atoms with Crippen LogP contribution in [0.25, 0.3) is 5.65 Å². The van der Waals surface area contributed by atoms with Gasteiger partial charge in [-0.25, -0.2) is 4.79 Å². The molecule has 1 unspecified atom stereocenters. The lowest BCUT2D eigenvalue weighted by Crippen LogP contribution is -2.37. The molecule has 9 nitrogen and oxygen atoms in total. The second kappa shape index (κ2) is 10.7. The molecule has 4 heterocycles. The minimum Gasteiger partial charge on any atom is -0.484 e. The molecule has 220 valence electrons. The van der Waals surface area contributed by atoms with Crippen LogP contribution in [0.2, 0.25) is 0 Å². The van der Waals surface area contributed by atoms with Crippen LogP contribution in [0.4, 0.5) is 10.5 Å². The number of likely N-dealkylation sites (tertiary alicyclic amines) is 1. The molecular formula is C33H41N7O2. The molecule has 1 aliphatic heterocycles. The number of nitrogens with one attached hydrogen (secondary N) is 2. The zero-order valence-electron chi connectivity index (χ0n) is 25.4. The number of hydrogen-bond acceptors (Lipinski definition) is 6. The van der Waals surface area contributed by atoms with Gasteiger partial charge in [0.05, 0.1) is 17.8 Å². The van der Waals surface area contributed by atoms with E-state index in [0.717, 1.165) is 77.5 Å². The molecule has 0 bridgehead atoms. The molecule has 0 saturated carbocycles. The number of pyridine rings is 2. The van der Waals surface area contributed by atoms with Crippen molar-refractivity contribution >= 4 is 17.4 Å². The first-order chi connectivity index (χ1) is 20.0. The Kier molecular flexibility index (Phi) is 7.17. The Hall–Kier alpha value is -3.98. The molecule has 2 N–H and O–H groups in total. The molecule has 2 aliphatic rings. The van der Waals surface area contributed by atoms with Crippen molar-refractivity contribution < 1.29 is 9.53 Å². The number of carbonyl (C=O) groups is 1. The second-order valence-electron chi connectivity index (χ2n) is 13.0. The molecular weight excluding hydrogens is 526 g/mol. The van der Waals surface area contributed by atoms with E-state index in [1.807, 2.05) is 49.6 Å². The number of amides is 2. The summed E-state index contributed by atoms with van der Waals surface area (Å²) in [5, 5.41) is 15.3. The summed E-state index contributed by atoms with van der Waals surface area (Å²) in [5.74, 6) is 1.72. The molecule has 1 fully saturated rings. The average Bonchev–Trinajstić information content (AvgIpc) is 3.53. The lowest BCUT2D eigenvalue weighted by molar-refractivity contribution is 0.170. The van der Waals surface area contributed by atoms with Gasteiger partial charge in [-0.05, 0) is 88.0 Å². The quantitative estimate of drug-likeness (QED) is 0.288. The fraction of sp³-hybridized carbons (Fsp3) is 0.455. The van der Waals surface area contributed by atoms with E-state index in [-0.39, 0.29) is 29.1 Å². The summed E-state index contributed by atoms with van der Waals surface area (Å²) >= 11 is 0. The number of rotatable bonds is 5. The van der Waals surface area contributed by atoms with Crippen LogP contribution in [-0.4, -0.2) is 44.1 Å². The van der Waals surface area contributed by atoms with Crippen molar-refractivity contribution in [3.8, 4) is 5.75 Å². The Balaban J connectivity index is 1.20. The first-order valence-electron chi connectivity index (χ1n) is 14.9. The van der Waals surface area contributed by atoms with Crippen LogP contribution in [0.15, 0.2) is 54.9 Å². The Morgan fingerprint density at radius 2 is 1.88 bits per heavy atom. The number of ether oxygens (including phenoxy) is 1. The average molecular weight is 568 g/mol. The smallest absolute Gasteiger partial charge is 0.319 e. The standard InChI is InChI=1S/C33H41N7O2/c1-21-19-34-28(32(2,3)4)18-26(21)36-31(41)35-25-13-14-27(24-11-8-7-10-23(24)25)42-22-12-15-29-37-38-30(40(29)20-22)33(5)16-9-17-39(33)6/h7-8,10-12,15,18-20,25,27H,9,13-14,16-17H2,1-6H3,(H2,34,35,36,41)/t25-,27+,33?/m0/s1. The predicted molar refractivity (Wildman–Crippen MR) is 164 cm³/mol. The summed E-state index contributed by atoms with van der Waals surface area (Å²) in [7, 11) is 2.15. The maximum Gasteiger partial charge on any atom is 0.319 e. The summed E-state index contributed by atoms with van der Waals surface area (Å²) in [4.78, 5) is 20.1. The highest BCUT2D eigenvalue weighted by Gasteiger charge is 2.39. The van der Waals surface area contributed by atoms with Crippen LogP contribution in [-0.2, 0) is 11.0 Å². The van der Waals surface area contributed by atoms with Gasteiger partial charge in [0, 0.05) is 23.0 Å². The van der Waals surface area contributed by atoms with Gasteiger partial charge in [-0.1, -0.05) is 45.0 Å². The number of hydrogen-bond donors (Lipinski definition) is 2. The molecule has 42 heavy (non-hydrogen) atoms. The highest BCUT2D eigenvalue weighted by atomic mass is 16.5. The van der Waals surface area contributed by atoms with Gasteiger partial charge in [0.1, 0.15) is 11.9 Å². The minimum absolute atomic E-state index is 0.108. The van der Waals surface area contributed by atoms with E-state index in [4.69, 9.17) is 4.74 Å². The lowest BCUT2D eigenvalue weighted by Gasteiger charge is -2.32. The van der Waals surface area contributed by atoms with Crippen molar-refractivity contribution in [2.45, 2.75) is 83.4 Å². The van der Waals surface area contributed by atoms with Gasteiger partial charge in [0.25, 0.3) is 0 Å². The van der Waals surface area contributed by atoms with Crippen LogP contribution < -0.4 is 15.4 Å². The van der Waals surface area contributed by atoms with Crippen molar-refractivity contribution in [3.05, 3.63) is 83.1 Å². The third-order valence-electron chi connectivity index (χ3n) is 9.00. The molecule has 1 aromatic carbocycles. The fourth-order valence-electron chi connectivity index (χ4n) is 6.26. The molecule has 0 spiro atoms. The van der Waals surface area contributed by atoms with Gasteiger partial charge in [0.2, 0.25) is 0 Å². The van der Waals surface area contributed by atoms with Gasteiger partial charge < -0.3 is 15.4 Å². The van der Waals surface area contributed by atoms with Crippen LogP contribution in [0.3, 0.4) is 0 Å². The van der Waals surface area contributed by atoms with E-state index < -0.39 is 0 Å².